The lowest BCUT2D eigenvalue weighted by Gasteiger charge is -2.34. The first kappa shape index (κ1) is 21.9. The zero-order valence-corrected chi connectivity index (χ0v) is 19.8. The molecule has 0 unspecified atom stereocenters. The summed E-state index contributed by atoms with van der Waals surface area (Å²) in [5, 5.41) is 9.95. The summed E-state index contributed by atoms with van der Waals surface area (Å²) in [6.07, 6.45) is 5.11. The number of aryl methyl sites for hydroxylation is 1. The van der Waals surface area contributed by atoms with E-state index in [0.29, 0.717) is 35.7 Å². The van der Waals surface area contributed by atoms with Crippen LogP contribution in [0.2, 0.25) is 0 Å². The van der Waals surface area contributed by atoms with Gasteiger partial charge in [-0.2, -0.15) is 5.10 Å². The standard InChI is InChI=1S/C20H23BrN6O3S/c1-11-7-26(8-12(2)30-11)10-18(28)24-14-4-16(13(3)22-5-14)25-19(29)15-6-23-27-9-17(21)31-20(15)27/h4-6,9,11-12H,7-8,10H2,1-3H3,(H,24,28)(H,25,29)/t11-,12-/m0/s1. The summed E-state index contributed by atoms with van der Waals surface area (Å²) >= 11 is 4.83. The monoisotopic (exact) mass is 506 g/mol. The molecular weight excluding hydrogens is 484 g/mol. The number of ether oxygens (including phenoxy) is 1. The molecule has 1 saturated heterocycles. The molecule has 0 radical (unpaired) electrons. The molecule has 9 nitrogen and oxygen atoms in total. The van der Waals surface area contributed by atoms with Crippen LogP contribution in [-0.2, 0) is 9.53 Å². The molecule has 3 aromatic rings. The number of rotatable bonds is 5. The van der Waals surface area contributed by atoms with Crippen molar-refractivity contribution in [3.63, 3.8) is 0 Å². The van der Waals surface area contributed by atoms with Gasteiger partial charge in [0.05, 0.1) is 63.8 Å². The topological polar surface area (TPSA) is 101 Å². The average Bonchev–Trinajstić information content (AvgIpc) is 3.22. The normalized spacial score (nSPS) is 19.5. The number of morpholine rings is 1. The number of hydrogen-bond donors (Lipinski definition) is 2. The van der Waals surface area contributed by atoms with Crippen LogP contribution in [0, 0.1) is 6.92 Å². The van der Waals surface area contributed by atoms with Crippen molar-refractivity contribution in [3.05, 3.63) is 39.7 Å². The van der Waals surface area contributed by atoms with Crippen molar-refractivity contribution in [1.29, 1.82) is 0 Å². The summed E-state index contributed by atoms with van der Waals surface area (Å²) in [7, 11) is 0. The zero-order valence-electron chi connectivity index (χ0n) is 17.4. The fourth-order valence-electron chi connectivity index (χ4n) is 3.65. The summed E-state index contributed by atoms with van der Waals surface area (Å²) in [6, 6.07) is 1.72. The van der Waals surface area contributed by atoms with E-state index in [0.717, 1.165) is 8.62 Å². The van der Waals surface area contributed by atoms with Gasteiger partial charge in [-0.3, -0.25) is 19.5 Å². The maximum atomic E-state index is 12.8. The Morgan fingerprint density at radius 2 is 2.00 bits per heavy atom. The number of amides is 2. The number of pyridine rings is 1. The van der Waals surface area contributed by atoms with Crippen molar-refractivity contribution in [2.75, 3.05) is 30.3 Å². The van der Waals surface area contributed by atoms with Gasteiger partial charge in [-0.25, -0.2) is 4.52 Å². The van der Waals surface area contributed by atoms with E-state index in [1.165, 1.54) is 17.5 Å². The van der Waals surface area contributed by atoms with E-state index in [2.05, 4.69) is 41.5 Å². The van der Waals surface area contributed by atoms with Gasteiger partial charge in [-0.1, -0.05) is 0 Å². The third kappa shape index (κ3) is 5.12. The highest BCUT2D eigenvalue weighted by Gasteiger charge is 2.24. The van der Waals surface area contributed by atoms with Crippen LogP contribution in [0.25, 0.3) is 4.83 Å². The van der Waals surface area contributed by atoms with E-state index in [-0.39, 0.29) is 30.6 Å². The maximum absolute atomic E-state index is 12.8. The second kappa shape index (κ2) is 9.03. The number of carbonyl (C=O) groups is 2. The van der Waals surface area contributed by atoms with Crippen LogP contribution in [0.1, 0.15) is 29.9 Å². The molecule has 1 fully saturated rings. The fourth-order valence-corrected chi connectivity index (χ4v) is 5.09. The van der Waals surface area contributed by atoms with Gasteiger partial charge in [0.15, 0.2) is 0 Å². The van der Waals surface area contributed by atoms with Crippen LogP contribution >= 0.6 is 27.3 Å². The number of anilines is 2. The number of halogens is 1. The van der Waals surface area contributed by atoms with E-state index in [1.54, 1.807) is 29.9 Å². The van der Waals surface area contributed by atoms with Gasteiger partial charge in [0.25, 0.3) is 5.91 Å². The molecule has 2 N–H and O–H groups in total. The first-order chi connectivity index (χ1) is 14.8. The Morgan fingerprint density at radius 3 is 2.74 bits per heavy atom. The Balaban J connectivity index is 1.43. The quantitative estimate of drug-likeness (QED) is 0.551. The number of hydrogen-bond acceptors (Lipinski definition) is 7. The first-order valence-electron chi connectivity index (χ1n) is 9.87. The SMILES string of the molecule is Cc1ncc(NC(=O)CN2C[C@H](C)O[C@@H](C)C2)cc1NC(=O)c1cnn2cc(Br)sc12. The minimum atomic E-state index is -0.283. The van der Waals surface area contributed by atoms with Crippen LogP contribution in [0.3, 0.4) is 0 Å². The van der Waals surface area contributed by atoms with Crippen molar-refractivity contribution in [1.82, 2.24) is 19.5 Å². The van der Waals surface area contributed by atoms with Crippen LogP contribution < -0.4 is 10.6 Å². The number of fused-ring (bicyclic) bond motifs is 1. The van der Waals surface area contributed by atoms with E-state index < -0.39 is 0 Å². The highest BCUT2D eigenvalue weighted by atomic mass is 79.9. The highest BCUT2D eigenvalue weighted by molar-refractivity contribution is 9.11. The number of aromatic nitrogens is 3. The predicted molar refractivity (Wildman–Crippen MR) is 123 cm³/mol. The molecule has 0 aliphatic carbocycles. The first-order valence-corrected chi connectivity index (χ1v) is 11.5. The lowest BCUT2D eigenvalue weighted by Crippen LogP contribution is -2.48. The molecule has 0 saturated carbocycles. The summed E-state index contributed by atoms with van der Waals surface area (Å²) in [5.41, 5.74) is 2.18. The van der Waals surface area contributed by atoms with Gasteiger partial charge < -0.3 is 15.4 Å². The molecule has 2 amide bonds. The number of nitrogens with one attached hydrogen (secondary N) is 2. The molecular formula is C20H23BrN6O3S. The van der Waals surface area contributed by atoms with Gasteiger partial charge in [0.2, 0.25) is 5.91 Å². The largest absolute Gasteiger partial charge is 0.373 e. The van der Waals surface area contributed by atoms with Crippen LogP contribution in [-0.4, -0.2) is 63.2 Å². The molecule has 4 rings (SSSR count). The second-order valence-corrected chi connectivity index (χ2v) is 10.1. The summed E-state index contributed by atoms with van der Waals surface area (Å²) in [6.45, 7) is 7.50. The highest BCUT2D eigenvalue weighted by Crippen LogP contribution is 2.27. The van der Waals surface area contributed by atoms with Crippen molar-refractivity contribution < 1.29 is 14.3 Å². The third-order valence-electron chi connectivity index (χ3n) is 4.89. The number of carbonyl (C=O) groups excluding carboxylic acids is 2. The maximum Gasteiger partial charge on any atom is 0.260 e. The van der Waals surface area contributed by atoms with Gasteiger partial charge in [-0.15, -0.1) is 11.3 Å². The second-order valence-electron chi connectivity index (χ2n) is 7.65. The Kier molecular flexibility index (Phi) is 6.37. The Bertz CT molecular complexity index is 1120. The van der Waals surface area contributed by atoms with Gasteiger partial charge in [-0.05, 0) is 42.8 Å². The summed E-state index contributed by atoms with van der Waals surface area (Å²) in [4.78, 5) is 32.5. The van der Waals surface area contributed by atoms with Crippen LogP contribution in [0.5, 0.6) is 0 Å². The van der Waals surface area contributed by atoms with Crippen molar-refractivity contribution >= 4 is 55.3 Å². The molecule has 0 aromatic carbocycles. The summed E-state index contributed by atoms with van der Waals surface area (Å²) in [5.74, 6) is -0.417. The molecule has 1 aliphatic rings. The molecule has 11 heteroatoms. The van der Waals surface area contributed by atoms with Gasteiger partial charge >= 0.3 is 0 Å². The predicted octanol–water partition coefficient (Wildman–Crippen LogP) is 3.16. The van der Waals surface area contributed by atoms with Crippen molar-refractivity contribution in [2.45, 2.75) is 33.0 Å². The molecule has 0 spiro atoms. The molecule has 0 bridgehead atoms. The van der Waals surface area contributed by atoms with Gasteiger partial charge in [0.1, 0.15) is 4.83 Å². The van der Waals surface area contributed by atoms with Crippen molar-refractivity contribution in [3.8, 4) is 0 Å². The number of thiazole rings is 1. The molecule has 2 atom stereocenters. The Morgan fingerprint density at radius 1 is 1.26 bits per heavy atom. The van der Waals surface area contributed by atoms with Crippen LogP contribution in [0.15, 0.2) is 28.4 Å². The minimum Gasteiger partial charge on any atom is -0.373 e. The minimum absolute atomic E-state index is 0.0960. The Labute approximate surface area is 191 Å². The molecule has 1 aliphatic heterocycles. The zero-order chi connectivity index (χ0) is 22.1. The van der Waals surface area contributed by atoms with E-state index >= 15 is 0 Å². The molecule has 3 aromatic heterocycles. The lowest BCUT2D eigenvalue weighted by molar-refractivity contribution is -0.121. The van der Waals surface area contributed by atoms with Crippen molar-refractivity contribution in [2.24, 2.45) is 0 Å². The van der Waals surface area contributed by atoms with Crippen LogP contribution in [0.4, 0.5) is 11.4 Å². The van der Waals surface area contributed by atoms with E-state index in [1.807, 2.05) is 13.8 Å². The molecule has 164 valence electrons. The Hall–Kier alpha value is -2.34. The molecule has 4 heterocycles. The summed E-state index contributed by atoms with van der Waals surface area (Å²) < 4.78 is 8.25. The molecule has 31 heavy (non-hydrogen) atoms. The number of nitrogens with zero attached hydrogens (tertiary/aromatic N) is 4. The van der Waals surface area contributed by atoms with Gasteiger partial charge in [0, 0.05) is 13.1 Å². The fraction of sp³-hybridized carbons (Fsp3) is 0.400. The lowest BCUT2D eigenvalue weighted by atomic mass is 10.2. The van der Waals surface area contributed by atoms with E-state index in [9.17, 15) is 9.59 Å². The smallest absolute Gasteiger partial charge is 0.260 e. The third-order valence-corrected chi connectivity index (χ3v) is 6.48. The average molecular weight is 507 g/mol. The van der Waals surface area contributed by atoms with E-state index in [4.69, 9.17) is 4.74 Å².